The van der Waals surface area contributed by atoms with Crippen molar-refractivity contribution >= 4 is 11.8 Å². The Labute approximate surface area is 112 Å². The summed E-state index contributed by atoms with van der Waals surface area (Å²) in [6.07, 6.45) is 2.67. The minimum atomic E-state index is -0.130. The zero-order valence-corrected chi connectivity index (χ0v) is 11.5. The molecule has 0 aliphatic carbocycles. The molecule has 100 valence electrons. The van der Waals surface area contributed by atoms with Crippen LogP contribution in [0.2, 0.25) is 0 Å². The van der Waals surface area contributed by atoms with Crippen molar-refractivity contribution in [2.75, 3.05) is 18.9 Å². The fourth-order valence-corrected chi connectivity index (χ4v) is 2.96. The van der Waals surface area contributed by atoms with Gasteiger partial charge in [0.15, 0.2) is 0 Å². The molecule has 18 heavy (non-hydrogen) atoms. The maximum atomic E-state index is 13.4. The van der Waals surface area contributed by atoms with Crippen LogP contribution < -0.4 is 5.32 Å². The van der Waals surface area contributed by atoms with Crippen LogP contribution in [0.4, 0.5) is 4.39 Å². The van der Waals surface area contributed by atoms with Gasteiger partial charge in [-0.15, -0.1) is 11.8 Å². The van der Waals surface area contributed by atoms with Crippen LogP contribution in [-0.4, -0.2) is 31.1 Å². The summed E-state index contributed by atoms with van der Waals surface area (Å²) in [6, 6.07) is 7.30. The van der Waals surface area contributed by atoms with E-state index < -0.39 is 0 Å². The standard InChI is InChI=1S/C14H20FNOS/c1-11(13-6-4-9-17-13)16-8-10-18-14-7-3-2-5-12(14)15/h2-3,5,7,11,13,16H,4,6,8-10H2,1H3. The third-order valence-corrected chi connectivity index (χ3v) is 4.24. The third-order valence-electron chi connectivity index (χ3n) is 3.19. The molecular formula is C14H20FNOS. The maximum Gasteiger partial charge on any atom is 0.136 e. The van der Waals surface area contributed by atoms with Crippen molar-refractivity contribution in [1.82, 2.24) is 5.32 Å². The van der Waals surface area contributed by atoms with Crippen LogP contribution in [0.5, 0.6) is 0 Å². The van der Waals surface area contributed by atoms with Crippen LogP contribution in [0.3, 0.4) is 0 Å². The highest BCUT2D eigenvalue weighted by Crippen LogP contribution is 2.20. The molecule has 1 aromatic carbocycles. The molecule has 1 fully saturated rings. The first-order valence-electron chi connectivity index (χ1n) is 6.49. The second-order valence-corrected chi connectivity index (χ2v) is 5.71. The van der Waals surface area contributed by atoms with E-state index >= 15 is 0 Å². The molecule has 2 atom stereocenters. The van der Waals surface area contributed by atoms with Crippen LogP contribution in [0.25, 0.3) is 0 Å². The molecule has 1 N–H and O–H groups in total. The van der Waals surface area contributed by atoms with Gasteiger partial charge in [-0.1, -0.05) is 12.1 Å². The van der Waals surface area contributed by atoms with E-state index in [1.165, 1.54) is 12.5 Å². The number of hydrogen-bond acceptors (Lipinski definition) is 3. The van der Waals surface area contributed by atoms with E-state index in [1.807, 2.05) is 12.1 Å². The Balaban J connectivity index is 1.65. The zero-order chi connectivity index (χ0) is 12.8. The molecule has 1 saturated heterocycles. The minimum Gasteiger partial charge on any atom is -0.377 e. The lowest BCUT2D eigenvalue weighted by Gasteiger charge is -2.19. The predicted octanol–water partition coefficient (Wildman–Crippen LogP) is 3.07. The molecule has 2 unspecified atom stereocenters. The van der Waals surface area contributed by atoms with Crippen LogP contribution in [-0.2, 0) is 4.74 Å². The van der Waals surface area contributed by atoms with Crippen molar-refractivity contribution in [3.05, 3.63) is 30.1 Å². The van der Waals surface area contributed by atoms with Crippen LogP contribution >= 0.6 is 11.8 Å². The number of hydrogen-bond donors (Lipinski definition) is 1. The highest BCUT2D eigenvalue weighted by atomic mass is 32.2. The van der Waals surface area contributed by atoms with E-state index in [0.717, 1.165) is 30.2 Å². The van der Waals surface area contributed by atoms with E-state index in [2.05, 4.69) is 12.2 Å². The van der Waals surface area contributed by atoms with Crippen molar-refractivity contribution in [2.24, 2.45) is 0 Å². The van der Waals surface area contributed by atoms with E-state index in [4.69, 9.17) is 4.74 Å². The van der Waals surface area contributed by atoms with Gasteiger partial charge in [0, 0.05) is 29.8 Å². The molecule has 2 nitrogen and oxygen atoms in total. The Kier molecular flexibility index (Phi) is 5.47. The number of thioether (sulfide) groups is 1. The summed E-state index contributed by atoms with van der Waals surface area (Å²) in [7, 11) is 0. The lowest BCUT2D eigenvalue weighted by atomic mass is 10.1. The summed E-state index contributed by atoms with van der Waals surface area (Å²) < 4.78 is 19.0. The molecule has 0 amide bonds. The normalized spacial score (nSPS) is 21.1. The van der Waals surface area contributed by atoms with Crippen molar-refractivity contribution < 1.29 is 9.13 Å². The quantitative estimate of drug-likeness (QED) is 0.633. The predicted molar refractivity (Wildman–Crippen MR) is 73.6 cm³/mol. The lowest BCUT2D eigenvalue weighted by molar-refractivity contribution is 0.0844. The first-order valence-corrected chi connectivity index (χ1v) is 7.48. The SMILES string of the molecule is CC(NCCSc1ccccc1F)C1CCCO1. The lowest BCUT2D eigenvalue weighted by Crippen LogP contribution is -2.38. The fourth-order valence-electron chi connectivity index (χ4n) is 2.14. The van der Waals surface area contributed by atoms with Gasteiger partial charge >= 0.3 is 0 Å². The number of rotatable bonds is 6. The van der Waals surface area contributed by atoms with Crippen molar-refractivity contribution in [3.8, 4) is 0 Å². The van der Waals surface area contributed by atoms with Crippen LogP contribution in [0.15, 0.2) is 29.2 Å². The van der Waals surface area contributed by atoms with E-state index in [9.17, 15) is 4.39 Å². The Morgan fingerprint density at radius 1 is 1.50 bits per heavy atom. The summed E-state index contributed by atoms with van der Waals surface area (Å²) >= 11 is 1.55. The Morgan fingerprint density at radius 2 is 2.33 bits per heavy atom. The molecule has 1 aliphatic rings. The van der Waals surface area contributed by atoms with Gasteiger partial charge in [0.25, 0.3) is 0 Å². The summed E-state index contributed by atoms with van der Waals surface area (Å²) in [6.45, 7) is 3.92. The van der Waals surface area contributed by atoms with Crippen molar-refractivity contribution in [2.45, 2.75) is 36.8 Å². The second kappa shape index (κ2) is 7.12. The molecule has 4 heteroatoms. The average Bonchev–Trinajstić information content (AvgIpc) is 2.90. The molecule has 1 aromatic rings. The van der Waals surface area contributed by atoms with Gasteiger partial charge in [-0.05, 0) is 31.9 Å². The molecule has 0 bridgehead atoms. The molecule has 2 rings (SSSR count). The largest absolute Gasteiger partial charge is 0.377 e. The molecule has 0 radical (unpaired) electrons. The highest BCUT2D eigenvalue weighted by Gasteiger charge is 2.21. The molecule has 0 spiro atoms. The Hall–Kier alpha value is -0.580. The molecule has 0 aromatic heterocycles. The van der Waals surface area contributed by atoms with Gasteiger partial charge in [-0.2, -0.15) is 0 Å². The molecular weight excluding hydrogens is 249 g/mol. The molecule has 0 saturated carbocycles. The van der Waals surface area contributed by atoms with Gasteiger partial charge in [-0.25, -0.2) is 4.39 Å². The monoisotopic (exact) mass is 269 g/mol. The van der Waals surface area contributed by atoms with Crippen LogP contribution in [0, 0.1) is 5.82 Å². The number of benzene rings is 1. The topological polar surface area (TPSA) is 21.3 Å². The van der Waals surface area contributed by atoms with Gasteiger partial charge in [0.2, 0.25) is 0 Å². The molecule has 1 heterocycles. The van der Waals surface area contributed by atoms with E-state index in [1.54, 1.807) is 17.8 Å². The van der Waals surface area contributed by atoms with E-state index in [0.29, 0.717) is 12.1 Å². The van der Waals surface area contributed by atoms with E-state index in [-0.39, 0.29) is 5.82 Å². The Morgan fingerprint density at radius 3 is 3.06 bits per heavy atom. The summed E-state index contributed by atoms with van der Waals surface area (Å²) in [5.41, 5.74) is 0. The smallest absolute Gasteiger partial charge is 0.136 e. The number of ether oxygens (including phenoxy) is 1. The number of halogens is 1. The van der Waals surface area contributed by atoms with Crippen LogP contribution in [0.1, 0.15) is 19.8 Å². The van der Waals surface area contributed by atoms with Gasteiger partial charge < -0.3 is 10.1 Å². The number of nitrogens with one attached hydrogen (secondary N) is 1. The first-order chi connectivity index (χ1) is 8.77. The third kappa shape index (κ3) is 3.97. The second-order valence-electron chi connectivity index (χ2n) is 4.57. The fraction of sp³-hybridized carbons (Fsp3) is 0.571. The average molecular weight is 269 g/mol. The van der Waals surface area contributed by atoms with Gasteiger partial charge in [0.05, 0.1) is 6.10 Å². The molecule has 1 aliphatic heterocycles. The minimum absolute atomic E-state index is 0.130. The zero-order valence-electron chi connectivity index (χ0n) is 10.7. The summed E-state index contributed by atoms with van der Waals surface area (Å²) in [4.78, 5) is 0.726. The first kappa shape index (κ1) is 13.8. The maximum absolute atomic E-state index is 13.4. The summed E-state index contributed by atoms with van der Waals surface area (Å²) in [5, 5.41) is 3.45. The van der Waals surface area contributed by atoms with Crippen molar-refractivity contribution in [1.29, 1.82) is 0 Å². The van der Waals surface area contributed by atoms with Gasteiger partial charge in [0.1, 0.15) is 5.82 Å². The van der Waals surface area contributed by atoms with Gasteiger partial charge in [-0.3, -0.25) is 0 Å². The summed E-state index contributed by atoms with van der Waals surface area (Å²) in [5.74, 6) is 0.743. The van der Waals surface area contributed by atoms with Crippen molar-refractivity contribution in [3.63, 3.8) is 0 Å². The Bertz CT molecular complexity index is 369. The highest BCUT2D eigenvalue weighted by molar-refractivity contribution is 7.99.